The summed E-state index contributed by atoms with van der Waals surface area (Å²) in [5.74, 6) is 1.88. The van der Waals surface area contributed by atoms with Crippen LogP contribution in [-0.4, -0.2) is 6.61 Å². The van der Waals surface area contributed by atoms with E-state index in [0.29, 0.717) is 0 Å². The first kappa shape index (κ1) is 10.3. The fourth-order valence-electron chi connectivity index (χ4n) is 1.37. The standard InChI is InChI=1S/C12H15IO/c1-2-9-5-6-12(11(13)7-9)14-8-10-3-4-10/h5-7,10H,2-4,8H2,1H3. The van der Waals surface area contributed by atoms with Crippen LogP contribution in [0.15, 0.2) is 18.2 Å². The van der Waals surface area contributed by atoms with Gasteiger partial charge in [-0.05, 0) is 65.5 Å². The van der Waals surface area contributed by atoms with Gasteiger partial charge in [-0.15, -0.1) is 0 Å². The molecule has 2 rings (SSSR count). The van der Waals surface area contributed by atoms with E-state index in [9.17, 15) is 0 Å². The molecule has 1 saturated carbocycles. The molecule has 0 spiro atoms. The van der Waals surface area contributed by atoms with Crippen LogP contribution in [0.3, 0.4) is 0 Å². The maximum absolute atomic E-state index is 5.75. The topological polar surface area (TPSA) is 9.23 Å². The molecule has 1 aromatic rings. The Kier molecular flexibility index (Phi) is 3.31. The average molecular weight is 302 g/mol. The minimum atomic E-state index is 0.830. The summed E-state index contributed by atoms with van der Waals surface area (Å²) in [4.78, 5) is 0. The molecule has 0 atom stereocenters. The highest BCUT2D eigenvalue weighted by Gasteiger charge is 2.22. The van der Waals surface area contributed by atoms with E-state index in [2.05, 4.69) is 47.7 Å². The number of benzene rings is 1. The molecule has 0 saturated heterocycles. The van der Waals surface area contributed by atoms with Gasteiger partial charge in [-0.1, -0.05) is 13.0 Å². The van der Waals surface area contributed by atoms with E-state index in [4.69, 9.17) is 4.74 Å². The van der Waals surface area contributed by atoms with E-state index < -0.39 is 0 Å². The van der Waals surface area contributed by atoms with Gasteiger partial charge in [0.2, 0.25) is 0 Å². The van der Waals surface area contributed by atoms with Crippen LogP contribution in [0.5, 0.6) is 5.75 Å². The van der Waals surface area contributed by atoms with Crippen LogP contribution in [-0.2, 0) is 6.42 Å². The maximum atomic E-state index is 5.75. The van der Waals surface area contributed by atoms with Crippen molar-refractivity contribution in [2.24, 2.45) is 5.92 Å². The Hall–Kier alpha value is -0.250. The lowest BCUT2D eigenvalue weighted by atomic mass is 10.2. The molecule has 0 bridgehead atoms. The molecule has 1 nitrogen and oxygen atoms in total. The second-order valence-corrected chi connectivity index (χ2v) is 5.03. The first-order chi connectivity index (χ1) is 6.79. The Labute approximate surface area is 99.0 Å². The molecule has 0 N–H and O–H groups in total. The molecule has 14 heavy (non-hydrogen) atoms. The summed E-state index contributed by atoms with van der Waals surface area (Å²) in [6.45, 7) is 3.08. The molecule has 0 heterocycles. The maximum Gasteiger partial charge on any atom is 0.132 e. The number of aryl methyl sites for hydroxylation is 1. The SMILES string of the molecule is CCc1ccc(OCC2CC2)c(I)c1. The number of halogens is 1. The van der Waals surface area contributed by atoms with Gasteiger partial charge in [-0.3, -0.25) is 0 Å². The van der Waals surface area contributed by atoms with Gasteiger partial charge in [-0.25, -0.2) is 0 Å². The quantitative estimate of drug-likeness (QED) is 0.772. The van der Waals surface area contributed by atoms with Crippen molar-refractivity contribution in [3.63, 3.8) is 0 Å². The molecule has 2 heteroatoms. The number of rotatable bonds is 4. The van der Waals surface area contributed by atoms with Gasteiger partial charge in [0.1, 0.15) is 5.75 Å². The highest BCUT2D eigenvalue weighted by atomic mass is 127. The Balaban J connectivity index is 2.01. The van der Waals surface area contributed by atoms with Crippen molar-refractivity contribution in [3.8, 4) is 5.75 Å². The minimum absolute atomic E-state index is 0.830. The van der Waals surface area contributed by atoms with Crippen molar-refractivity contribution in [1.82, 2.24) is 0 Å². The van der Waals surface area contributed by atoms with Crippen molar-refractivity contribution < 1.29 is 4.74 Å². The zero-order valence-electron chi connectivity index (χ0n) is 8.42. The second kappa shape index (κ2) is 4.51. The summed E-state index contributed by atoms with van der Waals surface area (Å²) >= 11 is 2.35. The second-order valence-electron chi connectivity index (χ2n) is 3.87. The van der Waals surface area contributed by atoms with Gasteiger partial charge < -0.3 is 4.74 Å². The third-order valence-electron chi connectivity index (χ3n) is 2.58. The monoisotopic (exact) mass is 302 g/mol. The van der Waals surface area contributed by atoms with Crippen LogP contribution in [0.4, 0.5) is 0 Å². The van der Waals surface area contributed by atoms with Crippen molar-refractivity contribution in [2.45, 2.75) is 26.2 Å². The molecular formula is C12H15IO. The van der Waals surface area contributed by atoms with Crippen molar-refractivity contribution in [2.75, 3.05) is 6.61 Å². The van der Waals surface area contributed by atoms with Crippen molar-refractivity contribution >= 4 is 22.6 Å². The van der Waals surface area contributed by atoms with Crippen LogP contribution >= 0.6 is 22.6 Å². The summed E-state index contributed by atoms with van der Waals surface area (Å²) < 4.78 is 6.99. The highest BCUT2D eigenvalue weighted by Crippen LogP contribution is 2.30. The predicted octanol–water partition coefficient (Wildman–Crippen LogP) is 3.64. The Bertz CT molecular complexity index is 318. The number of ether oxygens (including phenoxy) is 1. The van der Waals surface area contributed by atoms with E-state index in [1.807, 2.05) is 0 Å². The van der Waals surface area contributed by atoms with Gasteiger partial charge in [0.05, 0.1) is 10.2 Å². The zero-order chi connectivity index (χ0) is 9.97. The van der Waals surface area contributed by atoms with Gasteiger partial charge in [0.25, 0.3) is 0 Å². The van der Waals surface area contributed by atoms with Crippen LogP contribution in [0.2, 0.25) is 0 Å². The summed E-state index contributed by atoms with van der Waals surface area (Å²) in [7, 11) is 0. The molecule has 0 aromatic heterocycles. The van der Waals surface area contributed by atoms with Crippen molar-refractivity contribution in [1.29, 1.82) is 0 Å². The lowest BCUT2D eigenvalue weighted by Gasteiger charge is -2.08. The molecule has 0 amide bonds. The fraction of sp³-hybridized carbons (Fsp3) is 0.500. The molecule has 0 radical (unpaired) electrons. The van der Waals surface area contributed by atoms with E-state index in [1.54, 1.807) is 0 Å². The molecule has 1 aromatic carbocycles. The van der Waals surface area contributed by atoms with E-state index >= 15 is 0 Å². The van der Waals surface area contributed by atoms with Gasteiger partial charge >= 0.3 is 0 Å². The third-order valence-corrected chi connectivity index (χ3v) is 3.42. The number of hydrogen-bond donors (Lipinski definition) is 0. The first-order valence-electron chi connectivity index (χ1n) is 5.21. The van der Waals surface area contributed by atoms with E-state index in [1.165, 1.54) is 22.0 Å². The molecule has 0 unspecified atom stereocenters. The molecule has 1 aliphatic carbocycles. The molecule has 0 aliphatic heterocycles. The molecule has 1 aliphatic rings. The Morgan fingerprint density at radius 1 is 1.43 bits per heavy atom. The summed E-state index contributed by atoms with van der Waals surface area (Å²) in [6, 6.07) is 6.47. The lowest BCUT2D eigenvalue weighted by Crippen LogP contribution is -2.00. The smallest absolute Gasteiger partial charge is 0.132 e. The Morgan fingerprint density at radius 3 is 2.79 bits per heavy atom. The largest absolute Gasteiger partial charge is 0.492 e. The summed E-state index contributed by atoms with van der Waals surface area (Å²) in [5.41, 5.74) is 1.38. The first-order valence-corrected chi connectivity index (χ1v) is 6.28. The predicted molar refractivity (Wildman–Crippen MR) is 66.8 cm³/mol. The molecule has 76 valence electrons. The Morgan fingerprint density at radius 2 is 2.21 bits per heavy atom. The van der Waals surface area contributed by atoms with Gasteiger partial charge in [0, 0.05) is 0 Å². The van der Waals surface area contributed by atoms with E-state index in [-0.39, 0.29) is 0 Å². The van der Waals surface area contributed by atoms with Crippen LogP contribution in [0, 0.1) is 9.49 Å². The highest BCUT2D eigenvalue weighted by molar-refractivity contribution is 14.1. The normalized spacial score (nSPS) is 15.6. The van der Waals surface area contributed by atoms with Crippen LogP contribution < -0.4 is 4.74 Å². The number of hydrogen-bond acceptors (Lipinski definition) is 1. The average Bonchev–Trinajstić information content (AvgIpc) is 2.99. The lowest BCUT2D eigenvalue weighted by molar-refractivity contribution is 0.297. The summed E-state index contributed by atoms with van der Waals surface area (Å²) in [6.07, 6.45) is 3.80. The molecule has 1 fully saturated rings. The van der Waals surface area contributed by atoms with Crippen LogP contribution in [0.25, 0.3) is 0 Å². The van der Waals surface area contributed by atoms with Crippen molar-refractivity contribution in [3.05, 3.63) is 27.3 Å². The fourth-order valence-corrected chi connectivity index (χ4v) is 2.11. The van der Waals surface area contributed by atoms with Gasteiger partial charge in [0.15, 0.2) is 0 Å². The summed E-state index contributed by atoms with van der Waals surface area (Å²) in [5, 5.41) is 0. The minimum Gasteiger partial charge on any atom is -0.492 e. The third kappa shape index (κ3) is 2.62. The molecular weight excluding hydrogens is 287 g/mol. The van der Waals surface area contributed by atoms with E-state index in [0.717, 1.165) is 24.7 Å². The van der Waals surface area contributed by atoms with Gasteiger partial charge in [-0.2, -0.15) is 0 Å². The van der Waals surface area contributed by atoms with Crippen LogP contribution in [0.1, 0.15) is 25.3 Å². The zero-order valence-corrected chi connectivity index (χ0v) is 10.6.